The van der Waals surface area contributed by atoms with Crippen LogP contribution in [-0.2, 0) is 9.47 Å². The smallest absolute Gasteiger partial charge is 0.251 e. The van der Waals surface area contributed by atoms with E-state index in [4.69, 9.17) is 9.47 Å². The Morgan fingerprint density at radius 1 is 0.633 bits per heavy atom. The second kappa shape index (κ2) is 15.2. The lowest BCUT2D eigenvalue weighted by atomic mass is 10.1. The molecule has 0 heterocycles. The molecule has 0 unspecified atom stereocenters. The van der Waals surface area contributed by atoms with E-state index < -0.39 is 0 Å². The van der Waals surface area contributed by atoms with Crippen LogP contribution in [0.15, 0.2) is 48.5 Å². The van der Waals surface area contributed by atoms with Crippen molar-refractivity contribution >= 4 is 11.8 Å². The molecular weight excluding hydrogens is 380 g/mol. The molecule has 0 aliphatic carbocycles. The molecule has 0 aliphatic heterocycles. The third kappa shape index (κ3) is 10.2. The fraction of sp³-hybridized carbons (Fsp3) is 0.417. The van der Waals surface area contributed by atoms with Crippen molar-refractivity contribution < 1.29 is 19.1 Å². The summed E-state index contributed by atoms with van der Waals surface area (Å²) in [6.07, 6.45) is 0. The zero-order chi connectivity index (χ0) is 22.2. The largest absolute Gasteiger partial charge is 0.377 e. The number of hydrogen-bond donors (Lipinski definition) is 2. The van der Waals surface area contributed by atoms with Gasteiger partial charge in [0.2, 0.25) is 0 Å². The van der Waals surface area contributed by atoms with Gasteiger partial charge in [0, 0.05) is 24.2 Å². The van der Waals surface area contributed by atoms with Crippen LogP contribution in [0.3, 0.4) is 0 Å². The van der Waals surface area contributed by atoms with E-state index in [-0.39, 0.29) is 11.8 Å². The first kappa shape index (κ1) is 25.3. The molecule has 0 spiro atoms. The normalized spacial score (nSPS) is 10.0. The van der Waals surface area contributed by atoms with Gasteiger partial charge in [-0.25, -0.2) is 0 Å². The quantitative estimate of drug-likeness (QED) is 0.552. The fourth-order valence-electron chi connectivity index (χ4n) is 2.41. The zero-order valence-electron chi connectivity index (χ0n) is 18.5. The van der Waals surface area contributed by atoms with Gasteiger partial charge in [0.15, 0.2) is 0 Å². The van der Waals surface area contributed by atoms with Gasteiger partial charge in [-0.05, 0) is 38.1 Å². The molecule has 0 aromatic heterocycles. The maximum absolute atomic E-state index is 11.9. The summed E-state index contributed by atoms with van der Waals surface area (Å²) in [4.78, 5) is 23.8. The number of ether oxygens (including phenoxy) is 2. The fourth-order valence-corrected chi connectivity index (χ4v) is 2.41. The van der Waals surface area contributed by atoms with Crippen LogP contribution in [0.25, 0.3) is 0 Å². The standard InChI is InChI=1S/C22H28N2O4.C2H6/c1-17-3-7-19(8-4-17)21(25)23-11-13-27-15-16-28-14-12-24-22(26)20-9-5-18(2)6-10-20;1-2/h3-10H,11-16H2,1-2H3,(H,23,25)(H,24,26);1-2H3. The molecule has 2 N–H and O–H groups in total. The monoisotopic (exact) mass is 414 g/mol. The second-order valence-corrected chi connectivity index (χ2v) is 6.47. The first-order chi connectivity index (χ1) is 14.6. The third-order valence-electron chi connectivity index (χ3n) is 4.06. The molecule has 2 rings (SSSR count). The van der Waals surface area contributed by atoms with Crippen molar-refractivity contribution in [2.24, 2.45) is 0 Å². The summed E-state index contributed by atoms with van der Waals surface area (Å²) in [6.45, 7) is 10.6. The minimum atomic E-state index is -0.107. The predicted molar refractivity (Wildman–Crippen MR) is 120 cm³/mol. The lowest BCUT2D eigenvalue weighted by Crippen LogP contribution is -2.28. The Kier molecular flexibility index (Phi) is 12.8. The van der Waals surface area contributed by atoms with Crippen molar-refractivity contribution in [3.8, 4) is 0 Å². The Bertz CT molecular complexity index is 677. The number of hydrogen-bond acceptors (Lipinski definition) is 4. The predicted octanol–water partition coefficient (Wildman–Crippen LogP) is 3.52. The average molecular weight is 415 g/mol. The summed E-state index contributed by atoms with van der Waals surface area (Å²) in [5, 5.41) is 5.62. The van der Waals surface area contributed by atoms with Crippen molar-refractivity contribution in [2.45, 2.75) is 27.7 Å². The molecule has 2 aromatic rings. The maximum Gasteiger partial charge on any atom is 0.251 e. The van der Waals surface area contributed by atoms with Crippen molar-refractivity contribution in [3.05, 3.63) is 70.8 Å². The zero-order valence-corrected chi connectivity index (χ0v) is 18.5. The minimum Gasteiger partial charge on any atom is -0.377 e. The topological polar surface area (TPSA) is 76.7 Å². The van der Waals surface area contributed by atoms with Crippen LogP contribution in [0.1, 0.15) is 45.7 Å². The molecule has 0 radical (unpaired) electrons. The van der Waals surface area contributed by atoms with Crippen LogP contribution >= 0.6 is 0 Å². The first-order valence-electron chi connectivity index (χ1n) is 10.4. The van der Waals surface area contributed by atoms with E-state index in [0.29, 0.717) is 50.6 Å². The van der Waals surface area contributed by atoms with Crippen LogP contribution in [-0.4, -0.2) is 51.3 Å². The number of nitrogens with one attached hydrogen (secondary N) is 2. The number of carbonyl (C=O) groups excluding carboxylic acids is 2. The lowest BCUT2D eigenvalue weighted by molar-refractivity contribution is 0.0486. The third-order valence-corrected chi connectivity index (χ3v) is 4.06. The van der Waals surface area contributed by atoms with E-state index in [1.807, 2.05) is 52.0 Å². The van der Waals surface area contributed by atoms with E-state index in [1.165, 1.54) is 0 Å². The van der Waals surface area contributed by atoms with Gasteiger partial charge in [0.25, 0.3) is 11.8 Å². The van der Waals surface area contributed by atoms with Crippen LogP contribution in [0, 0.1) is 13.8 Å². The summed E-state index contributed by atoms with van der Waals surface area (Å²) in [7, 11) is 0. The van der Waals surface area contributed by atoms with Crippen LogP contribution in [0.2, 0.25) is 0 Å². The first-order valence-corrected chi connectivity index (χ1v) is 10.4. The van der Waals surface area contributed by atoms with Crippen molar-refractivity contribution in [3.63, 3.8) is 0 Å². The van der Waals surface area contributed by atoms with Crippen molar-refractivity contribution in [1.82, 2.24) is 10.6 Å². The number of amides is 2. The van der Waals surface area contributed by atoms with Crippen molar-refractivity contribution in [2.75, 3.05) is 39.5 Å². The summed E-state index contributed by atoms with van der Waals surface area (Å²) in [5.41, 5.74) is 3.52. The number of carbonyl (C=O) groups is 2. The summed E-state index contributed by atoms with van der Waals surface area (Å²) < 4.78 is 10.8. The summed E-state index contributed by atoms with van der Waals surface area (Å²) >= 11 is 0. The van der Waals surface area contributed by atoms with Crippen LogP contribution < -0.4 is 10.6 Å². The molecule has 0 saturated heterocycles. The van der Waals surface area contributed by atoms with Gasteiger partial charge in [-0.3, -0.25) is 9.59 Å². The summed E-state index contributed by atoms with van der Waals surface area (Å²) in [6, 6.07) is 14.8. The highest BCUT2D eigenvalue weighted by atomic mass is 16.5. The molecule has 0 saturated carbocycles. The molecule has 0 aliphatic rings. The van der Waals surface area contributed by atoms with Crippen molar-refractivity contribution in [1.29, 1.82) is 0 Å². The SMILES string of the molecule is CC.Cc1ccc(C(=O)NCCOCCOCCNC(=O)c2ccc(C)cc2)cc1. The summed E-state index contributed by atoms with van der Waals surface area (Å²) in [5.74, 6) is -0.215. The van der Waals surface area contributed by atoms with Gasteiger partial charge in [-0.2, -0.15) is 0 Å². The molecule has 2 aromatic carbocycles. The van der Waals surface area contributed by atoms with E-state index in [9.17, 15) is 9.59 Å². The molecule has 164 valence electrons. The molecule has 2 amide bonds. The highest BCUT2D eigenvalue weighted by Crippen LogP contribution is 2.03. The highest BCUT2D eigenvalue weighted by Gasteiger charge is 2.04. The Hall–Kier alpha value is -2.70. The Labute approximate surface area is 180 Å². The number of rotatable bonds is 11. The van der Waals surface area contributed by atoms with Gasteiger partial charge in [0.05, 0.1) is 26.4 Å². The molecule has 6 heteroatoms. The Morgan fingerprint density at radius 2 is 0.967 bits per heavy atom. The second-order valence-electron chi connectivity index (χ2n) is 6.47. The molecule has 6 nitrogen and oxygen atoms in total. The van der Waals surface area contributed by atoms with E-state index >= 15 is 0 Å². The highest BCUT2D eigenvalue weighted by molar-refractivity contribution is 5.94. The van der Waals surface area contributed by atoms with Gasteiger partial charge in [0.1, 0.15) is 0 Å². The van der Waals surface area contributed by atoms with Gasteiger partial charge in [-0.1, -0.05) is 49.2 Å². The van der Waals surface area contributed by atoms with Gasteiger partial charge in [-0.15, -0.1) is 0 Å². The van der Waals surface area contributed by atoms with Crippen LogP contribution in [0.4, 0.5) is 0 Å². The minimum absolute atomic E-state index is 0.107. The van der Waals surface area contributed by atoms with Gasteiger partial charge >= 0.3 is 0 Å². The van der Waals surface area contributed by atoms with Gasteiger partial charge < -0.3 is 20.1 Å². The van der Waals surface area contributed by atoms with E-state index in [2.05, 4.69) is 10.6 Å². The molecule has 0 atom stereocenters. The lowest BCUT2D eigenvalue weighted by Gasteiger charge is -2.08. The Balaban J connectivity index is 0.00000218. The Morgan fingerprint density at radius 3 is 1.30 bits per heavy atom. The average Bonchev–Trinajstić information content (AvgIpc) is 2.77. The molecular formula is C24H34N2O4. The van der Waals surface area contributed by atoms with E-state index in [1.54, 1.807) is 24.3 Å². The van der Waals surface area contributed by atoms with Crippen LogP contribution in [0.5, 0.6) is 0 Å². The number of aryl methyl sites for hydroxylation is 2. The molecule has 0 fully saturated rings. The maximum atomic E-state index is 11.9. The molecule has 30 heavy (non-hydrogen) atoms. The van der Waals surface area contributed by atoms with E-state index in [0.717, 1.165) is 11.1 Å². The number of benzene rings is 2. The molecule has 0 bridgehead atoms.